The minimum absolute atomic E-state index is 0.0350. The van der Waals surface area contributed by atoms with Crippen LogP contribution in [-0.2, 0) is 54.4 Å². The number of rotatable bonds is 23. The maximum atomic E-state index is 15.5. The number of aromatic hydroxyl groups is 2. The van der Waals surface area contributed by atoms with Crippen LogP contribution < -0.4 is 52.1 Å². The number of allylic oxidation sites excluding steroid dienone is 2. The van der Waals surface area contributed by atoms with Crippen LogP contribution in [0.15, 0.2) is 118 Å². The van der Waals surface area contributed by atoms with E-state index >= 15 is 9.59 Å². The number of anilines is 3. The van der Waals surface area contributed by atoms with E-state index in [1.165, 1.54) is 65.4 Å². The molecule has 0 aromatic heterocycles. The van der Waals surface area contributed by atoms with Gasteiger partial charge < -0.3 is 85.7 Å². The number of fused-ring (bicyclic) bond motifs is 2. The Kier molecular flexibility index (Phi) is 26.5. The summed E-state index contributed by atoms with van der Waals surface area (Å²) in [5.41, 5.74) is 6.27. The number of unbranched alkanes of at least 4 members (excludes halogenated alkanes) is 2. The number of hydrogen-bond donors (Lipinski definition) is 10. The lowest BCUT2D eigenvalue weighted by Gasteiger charge is -2.38. The van der Waals surface area contributed by atoms with Gasteiger partial charge in [0, 0.05) is 129 Å². The zero-order valence-electron chi connectivity index (χ0n) is 64.2. The van der Waals surface area contributed by atoms with E-state index in [0.717, 1.165) is 10.5 Å². The van der Waals surface area contributed by atoms with Gasteiger partial charge >= 0.3 is 17.8 Å². The first kappa shape index (κ1) is 82.3. The Morgan fingerprint density at radius 3 is 2.18 bits per heavy atom. The van der Waals surface area contributed by atoms with Crippen molar-refractivity contribution in [2.24, 2.45) is 35.3 Å². The number of imide groups is 1. The number of esters is 1. The fourth-order valence-corrected chi connectivity index (χ4v) is 14.7. The van der Waals surface area contributed by atoms with Crippen LogP contribution in [0.5, 0.6) is 23.0 Å². The van der Waals surface area contributed by atoms with Crippen LogP contribution in [0.25, 0.3) is 33.3 Å². The van der Waals surface area contributed by atoms with Crippen molar-refractivity contribution >= 4 is 92.2 Å². The predicted octanol–water partition coefficient (Wildman–Crippen LogP) is 9.12. The molecule has 4 aromatic carbocycles. The van der Waals surface area contributed by atoms with Gasteiger partial charge in [0.25, 0.3) is 23.5 Å². The summed E-state index contributed by atoms with van der Waals surface area (Å²) in [4.78, 5) is 144. The smallest absolute Gasteiger partial charge is 0.312 e. The molecule has 11 N–H and O–H groups in total. The lowest BCUT2D eigenvalue weighted by atomic mass is 9.78. The Bertz CT molecular complexity index is 4660. The van der Waals surface area contributed by atoms with Crippen LogP contribution in [0.4, 0.5) is 21.9 Å². The Morgan fingerprint density at radius 2 is 1.52 bits per heavy atom. The Morgan fingerprint density at radius 1 is 0.829 bits per heavy atom. The number of ketones is 1. The van der Waals surface area contributed by atoms with Gasteiger partial charge in [-0.3, -0.25) is 48.1 Å². The minimum Gasteiger partial charge on any atom is -0.508 e. The number of nitrogens with two attached hydrogens (primary N) is 1. The van der Waals surface area contributed by atoms with E-state index in [-0.39, 0.29) is 119 Å². The Hall–Kier alpha value is -11.2. The molecule has 0 saturated carbocycles. The van der Waals surface area contributed by atoms with Crippen molar-refractivity contribution in [1.29, 1.82) is 0 Å². The molecule has 592 valence electrons. The molecule has 6 aliphatic rings. The highest BCUT2D eigenvalue weighted by Crippen LogP contribution is 2.51. The largest absolute Gasteiger partial charge is 0.508 e. The van der Waals surface area contributed by atoms with E-state index in [9.17, 15) is 58.8 Å². The molecular weight excluding hydrogens is 1430 g/mol. The number of phenols is 2. The van der Waals surface area contributed by atoms with Crippen LogP contribution in [0, 0.1) is 36.5 Å². The number of urea groups is 1. The normalized spacial score (nSPS) is 23.5. The van der Waals surface area contributed by atoms with Crippen LogP contribution >= 0.6 is 0 Å². The number of aromatic nitrogens is 1. The molecule has 5 heterocycles. The third kappa shape index (κ3) is 18.8. The molecule has 1 saturated heterocycles. The number of amides is 8. The van der Waals surface area contributed by atoms with Crippen LogP contribution in [0.1, 0.15) is 147 Å². The summed E-state index contributed by atoms with van der Waals surface area (Å²) < 4.78 is 38.1. The molecule has 11 atom stereocenters. The van der Waals surface area contributed by atoms with Crippen molar-refractivity contribution in [2.75, 3.05) is 48.8 Å². The number of benzene rings is 5. The van der Waals surface area contributed by atoms with Crippen LogP contribution in [0.2, 0.25) is 0 Å². The number of nitrogens with zero attached hydrogens (tertiary/aromatic N) is 3. The number of aliphatic hydroxyl groups is 2. The zero-order chi connectivity index (χ0) is 80.4. The number of piperidine rings is 1. The minimum atomic E-state index is -2.20. The lowest BCUT2D eigenvalue weighted by molar-refractivity contribution is -0.160. The van der Waals surface area contributed by atoms with Crippen LogP contribution in [-0.4, -0.2) is 159 Å². The number of methoxy groups -OCH3 is 1. The van der Waals surface area contributed by atoms with E-state index in [1.807, 2.05) is 12.1 Å². The first-order valence-electron chi connectivity index (χ1n) is 37.5. The number of ether oxygens (including phenoxy) is 5. The molecule has 5 aliphatic heterocycles. The van der Waals surface area contributed by atoms with Gasteiger partial charge in [-0.1, -0.05) is 90.5 Å². The molecule has 0 spiro atoms. The SMILES string of the molecule is CO[C@H]1/C=C/O[C@@]2(C)Oc3c(C)c(O)c4c(=O)c(c5oc6cc(N7CCC(c8ccc(O)cc8)CC7)cc(OCc7ccc(NC(=O)[C@H](CCCNC(N)=O)NC(=O)[C@@H](NC(=O)CCCCCN8C(=O)C=CC8=O)C(C)C)cc7)c6nc-5c4c3C2=O)NC(=O)/C(C)=C\C=C\[C@H](C)[C@H](O)[C@@H](C)[C@@H](O)[C@@H](C)[C@H](OC(C)=O)[C@@H]1C. The summed E-state index contributed by atoms with van der Waals surface area (Å²) in [7, 11) is 1.42. The zero-order valence-corrected chi connectivity index (χ0v) is 64.2. The molecule has 29 heteroatoms. The molecule has 4 bridgehead atoms. The summed E-state index contributed by atoms with van der Waals surface area (Å²) in [5, 5.41) is 59.0. The second kappa shape index (κ2) is 35.7. The lowest BCUT2D eigenvalue weighted by Crippen LogP contribution is -2.54. The standard InChI is InChI=1S/C82H99N9O20/c1-42(2)66(87-60(94)20-13-12-14-35-91-61(95)29-30-62(91)96)80(104)86-56(19-16-34-84-81(83)105)79(103)85-53-25-21-50(22-26-53)41-107-58-39-54(90-36-31-52(32-37-90)51-23-27-55(93)28-24-51)40-59-67(58)88-68-63-64-72(99)48(8)75-65(63)77(101)82(10,111-75)108-38-33-57(106-11)45(5)74(109-49(9)92)47(7)71(98)46(6)70(97)43(3)17-15-18-44(4)78(102)89-69(73(64)100)76(68)110-59/h15,17-18,21-30,33,38-40,42-43,45-47,52,56-57,66,70-71,74,93,97-99H,12-14,16,19-20,31-32,34-37,41H2,1-11H3,(H,85,103)(H,86,104)(H,87,94)(H,89,102)(H3,83,84,105)/b17-15+,38-33+,44-18-/t43-,45+,46+,47+,56-,57-,66-,70-,71+,74+,82-/m0/s1. The van der Waals surface area contributed by atoms with Gasteiger partial charge in [0.1, 0.15) is 58.9 Å². The van der Waals surface area contributed by atoms with Gasteiger partial charge in [0.05, 0.1) is 35.5 Å². The predicted molar refractivity (Wildman–Crippen MR) is 412 cm³/mol. The second-order valence-electron chi connectivity index (χ2n) is 29.6. The topological polar surface area (TPSA) is 416 Å². The average molecular weight is 1530 g/mol. The maximum absolute atomic E-state index is 15.5. The van der Waals surface area contributed by atoms with E-state index in [0.29, 0.717) is 62.1 Å². The number of carbonyl (C=O) groups excluding carboxylic acids is 9. The van der Waals surface area contributed by atoms with Gasteiger partial charge in [-0.2, -0.15) is 0 Å². The summed E-state index contributed by atoms with van der Waals surface area (Å²) in [5.74, 6) is -10.7. The number of primary amides is 1. The number of Topliss-reactive ketones (excluding diaryl/α,β-unsaturated/α-hetero) is 1. The number of carbonyl (C=O) groups is 9. The summed E-state index contributed by atoms with van der Waals surface area (Å²) in [6.07, 6.45) is 8.69. The van der Waals surface area contributed by atoms with E-state index in [1.54, 1.807) is 102 Å². The van der Waals surface area contributed by atoms with Gasteiger partial charge in [0.2, 0.25) is 23.2 Å². The number of nitrogens with one attached hydrogen (secondary N) is 5. The van der Waals surface area contributed by atoms with E-state index in [4.69, 9.17) is 38.8 Å². The molecule has 10 rings (SSSR count). The first-order chi connectivity index (χ1) is 52.8. The second-order valence-corrected chi connectivity index (χ2v) is 29.6. The Balaban J connectivity index is 1.00. The van der Waals surface area contributed by atoms with Gasteiger partial charge in [-0.25, -0.2) is 9.78 Å². The van der Waals surface area contributed by atoms with Crippen molar-refractivity contribution in [3.05, 3.63) is 141 Å². The highest BCUT2D eigenvalue weighted by molar-refractivity contribution is 6.22. The molecule has 1 fully saturated rings. The fraction of sp³-hybridized carbons (Fsp3) is 0.451. The number of aliphatic hydroxyl groups excluding tert-OH is 2. The van der Waals surface area contributed by atoms with Crippen molar-refractivity contribution < 1.29 is 91.7 Å². The highest BCUT2D eigenvalue weighted by Gasteiger charge is 2.50. The van der Waals surface area contributed by atoms with Crippen molar-refractivity contribution in [2.45, 2.75) is 175 Å². The summed E-state index contributed by atoms with van der Waals surface area (Å²) >= 11 is 0. The van der Waals surface area contributed by atoms with Crippen LogP contribution in [0.3, 0.4) is 0 Å². The summed E-state index contributed by atoms with van der Waals surface area (Å²) in [6, 6.07) is 14.3. The van der Waals surface area contributed by atoms with Crippen molar-refractivity contribution in [1.82, 2.24) is 25.8 Å². The maximum Gasteiger partial charge on any atom is 0.312 e. The average Bonchev–Trinajstić information content (AvgIpc) is 1.64. The van der Waals surface area contributed by atoms with Gasteiger partial charge in [-0.15, -0.1) is 0 Å². The van der Waals surface area contributed by atoms with Crippen molar-refractivity contribution in [3.8, 4) is 34.5 Å². The first-order valence-corrected chi connectivity index (χ1v) is 37.5. The third-order valence-corrected chi connectivity index (χ3v) is 21.3. The van der Waals surface area contributed by atoms with Crippen molar-refractivity contribution in [3.63, 3.8) is 0 Å². The molecular formula is C82H99N9O20. The molecule has 0 radical (unpaired) electrons. The Labute approximate surface area is 642 Å². The molecule has 0 unspecified atom stereocenters. The van der Waals surface area contributed by atoms with Gasteiger partial charge in [-0.05, 0) is 106 Å². The quantitative estimate of drug-likeness (QED) is 0.00939. The molecule has 111 heavy (non-hydrogen) atoms. The molecule has 1 aliphatic carbocycles. The third-order valence-electron chi connectivity index (χ3n) is 21.3. The molecule has 8 amide bonds. The fourth-order valence-electron chi connectivity index (χ4n) is 14.7. The molecule has 4 aromatic rings. The number of phenolic OH excluding ortho intramolecular Hbond substituents is 2. The summed E-state index contributed by atoms with van der Waals surface area (Å²) in [6.45, 7) is 17.1. The number of hydrogen-bond acceptors (Lipinski definition) is 22. The van der Waals surface area contributed by atoms with E-state index < -0.39 is 136 Å². The molecule has 29 nitrogen and oxygen atoms in total. The van der Waals surface area contributed by atoms with E-state index in [2.05, 4.69) is 31.5 Å². The highest BCUT2D eigenvalue weighted by atomic mass is 16.7. The van der Waals surface area contributed by atoms with Gasteiger partial charge in [0.15, 0.2) is 17.1 Å². The monoisotopic (exact) mass is 1530 g/mol.